The Hall–Kier alpha value is -1.30. The minimum absolute atomic E-state index is 0. The summed E-state index contributed by atoms with van der Waals surface area (Å²) >= 11 is 6.20. The van der Waals surface area contributed by atoms with Gasteiger partial charge in [0.05, 0.1) is 16.6 Å². The molecule has 3 rings (SSSR count). The van der Waals surface area contributed by atoms with Gasteiger partial charge in [0.15, 0.2) is 0 Å². The van der Waals surface area contributed by atoms with E-state index >= 15 is 0 Å². The Balaban J connectivity index is 0.00000225. The number of para-hydroxylation sites is 1. The van der Waals surface area contributed by atoms with Crippen LogP contribution in [-0.2, 0) is 9.59 Å². The molecule has 138 valence electrons. The van der Waals surface area contributed by atoms with Gasteiger partial charge in [-0.15, -0.1) is 12.4 Å². The van der Waals surface area contributed by atoms with E-state index in [0.717, 1.165) is 32.5 Å². The number of rotatable bonds is 4. The second-order valence-corrected chi connectivity index (χ2v) is 7.11. The van der Waals surface area contributed by atoms with Crippen LogP contribution in [0.1, 0.15) is 19.3 Å². The maximum absolute atomic E-state index is 12.9. The molecule has 0 saturated carbocycles. The number of likely N-dealkylation sites (tertiary alicyclic amines) is 1. The summed E-state index contributed by atoms with van der Waals surface area (Å²) in [6.45, 7) is 2.94. The van der Waals surface area contributed by atoms with Crippen molar-refractivity contribution in [1.29, 1.82) is 0 Å². The number of carbonyl (C=O) groups is 2. The van der Waals surface area contributed by atoms with Gasteiger partial charge in [0.2, 0.25) is 11.8 Å². The molecule has 25 heavy (non-hydrogen) atoms. The molecule has 2 atom stereocenters. The van der Waals surface area contributed by atoms with E-state index < -0.39 is 0 Å². The summed E-state index contributed by atoms with van der Waals surface area (Å²) in [5.74, 6) is 0.329. The molecule has 2 saturated heterocycles. The van der Waals surface area contributed by atoms with E-state index in [1.807, 2.05) is 30.1 Å². The molecular weight excluding hydrogens is 361 g/mol. The van der Waals surface area contributed by atoms with Gasteiger partial charge in [-0.1, -0.05) is 23.7 Å². The summed E-state index contributed by atoms with van der Waals surface area (Å²) in [7, 11) is 1.94. The summed E-state index contributed by atoms with van der Waals surface area (Å²) in [6, 6.07) is 7.30. The smallest absolute Gasteiger partial charge is 0.228 e. The molecule has 2 aliphatic heterocycles. The third-order valence-electron chi connectivity index (χ3n) is 4.94. The number of hydrogen-bond acceptors (Lipinski definition) is 3. The summed E-state index contributed by atoms with van der Waals surface area (Å²) in [5.41, 5.74) is 0.700. The van der Waals surface area contributed by atoms with Gasteiger partial charge in [-0.2, -0.15) is 0 Å². The Morgan fingerprint density at radius 2 is 2.08 bits per heavy atom. The molecule has 0 bridgehead atoms. The summed E-state index contributed by atoms with van der Waals surface area (Å²) in [5, 5.41) is 3.74. The van der Waals surface area contributed by atoms with Crippen molar-refractivity contribution >= 4 is 41.5 Å². The Labute approximate surface area is 160 Å². The van der Waals surface area contributed by atoms with Gasteiger partial charge in [0.1, 0.15) is 0 Å². The second kappa shape index (κ2) is 8.88. The van der Waals surface area contributed by atoms with Crippen molar-refractivity contribution in [1.82, 2.24) is 10.2 Å². The van der Waals surface area contributed by atoms with Crippen LogP contribution in [0.2, 0.25) is 5.02 Å². The maximum atomic E-state index is 12.9. The number of carbonyl (C=O) groups excluding carboxylic acids is 2. The molecule has 2 fully saturated rings. The first-order valence-corrected chi connectivity index (χ1v) is 8.96. The maximum Gasteiger partial charge on any atom is 0.228 e. The zero-order valence-corrected chi connectivity index (χ0v) is 16.0. The topological polar surface area (TPSA) is 52.7 Å². The largest absolute Gasteiger partial charge is 0.342 e. The highest BCUT2D eigenvalue weighted by Crippen LogP contribution is 2.32. The lowest BCUT2D eigenvalue weighted by atomic mass is 9.96. The van der Waals surface area contributed by atoms with E-state index in [0.29, 0.717) is 23.2 Å². The van der Waals surface area contributed by atoms with Crippen molar-refractivity contribution in [3.8, 4) is 0 Å². The molecule has 0 aromatic heterocycles. The first-order chi connectivity index (χ1) is 11.6. The number of hydrogen-bond donors (Lipinski definition) is 1. The Morgan fingerprint density at radius 3 is 2.80 bits per heavy atom. The predicted molar refractivity (Wildman–Crippen MR) is 102 cm³/mol. The minimum atomic E-state index is -0.262. The monoisotopic (exact) mass is 385 g/mol. The standard InChI is InChI=1S/C18H24ClN3O2.ClH/c1-20-10-13-5-4-8-21(11-13)18(24)14-9-17(23)22(12-14)16-7-3-2-6-15(16)19;/h2-3,6-7,13-14,20H,4-5,8-12H2,1H3;1H. The number of anilines is 1. The van der Waals surface area contributed by atoms with E-state index in [2.05, 4.69) is 5.32 Å². The van der Waals surface area contributed by atoms with Gasteiger partial charge >= 0.3 is 0 Å². The van der Waals surface area contributed by atoms with Gasteiger partial charge in [0, 0.05) is 26.1 Å². The molecule has 2 amide bonds. The molecule has 7 heteroatoms. The lowest BCUT2D eigenvalue weighted by molar-refractivity contribution is -0.137. The quantitative estimate of drug-likeness (QED) is 0.866. The van der Waals surface area contributed by atoms with Crippen molar-refractivity contribution in [2.75, 3.05) is 38.1 Å². The van der Waals surface area contributed by atoms with Gasteiger partial charge in [-0.25, -0.2) is 0 Å². The fraction of sp³-hybridized carbons (Fsp3) is 0.556. The van der Waals surface area contributed by atoms with Crippen LogP contribution >= 0.6 is 24.0 Å². The molecular formula is C18H25Cl2N3O2. The SMILES string of the molecule is CNCC1CCCN(C(=O)C2CC(=O)N(c3ccccc3Cl)C2)C1.Cl. The first-order valence-electron chi connectivity index (χ1n) is 8.58. The lowest BCUT2D eigenvalue weighted by Crippen LogP contribution is -2.45. The van der Waals surface area contributed by atoms with E-state index in [4.69, 9.17) is 11.6 Å². The van der Waals surface area contributed by atoms with Crippen molar-refractivity contribution in [3.05, 3.63) is 29.3 Å². The van der Waals surface area contributed by atoms with Crippen LogP contribution in [0.5, 0.6) is 0 Å². The molecule has 2 aliphatic rings. The lowest BCUT2D eigenvalue weighted by Gasteiger charge is -2.34. The molecule has 1 N–H and O–H groups in total. The predicted octanol–water partition coefficient (Wildman–Crippen LogP) is 2.57. The average Bonchev–Trinajstić information content (AvgIpc) is 2.97. The van der Waals surface area contributed by atoms with Crippen LogP contribution in [0.25, 0.3) is 0 Å². The van der Waals surface area contributed by atoms with E-state index in [1.54, 1.807) is 11.0 Å². The Kier molecular flexibility index (Phi) is 7.11. The number of amides is 2. The normalized spacial score (nSPS) is 23.5. The molecule has 0 radical (unpaired) electrons. The van der Waals surface area contributed by atoms with Gasteiger partial charge < -0.3 is 15.1 Å². The highest BCUT2D eigenvalue weighted by molar-refractivity contribution is 6.33. The van der Waals surface area contributed by atoms with E-state index in [1.165, 1.54) is 0 Å². The van der Waals surface area contributed by atoms with Gasteiger partial charge in [0.25, 0.3) is 0 Å². The molecule has 0 aliphatic carbocycles. The molecule has 1 aromatic carbocycles. The summed E-state index contributed by atoms with van der Waals surface area (Å²) in [6.07, 6.45) is 2.46. The Morgan fingerprint density at radius 1 is 1.32 bits per heavy atom. The van der Waals surface area contributed by atoms with Crippen molar-refractivity contribution in [2.45, 2.75) is 19.3 Å². The molecule has 1 aromatic rings. The van der Waals surface area contributed by atoms with Gasteiger partial charge in [-0.05, 0) is 44.5 Å². The number of nitrogens with one attached hydrogen (secondary N) is 1. The third-order valence-corrected chi connectivity index (χ3v) is 5.26. The number of halogens is 2. The molecule has 5 nitrogen and oxygen atoms in total. The first kappa shape index (κ1) is 20.0. The zero-order chi connectivity index (χ0) is 17.1. The second-order valence-electron chi connectivity index (χ2n) is 6.71. The van der Waals surface area contributed by atoms with Crippen molar-refractivity contribution in [3.63, 3.8) is 0 Å². The van der Waals surface area contributed by atoms with Crippen LogP contribution in [0, 0.1) is 11.8 Å². The molecule has 2 heterocycles. The van der Waals surface area contributed by atoms with Crippen LogP contribution in [0.3, 0.4) is 0 Å². The van der Waals surface area contributed by atoms with Crippen molar-refractivity contribution < 1.29 is 9.59 Å². The molecule has 0 spiro atoms. The third kappa shape index (κ3) is 4.46. The van der Waals surface area contributed by atoms with E-state index in [9.17, 15) is 9.59 Å². The number of piperidine rings is 1. The zero-order valence-electron chi connectivity index (χ0n) is 14.4. The summed E-state index contributed by atoms with van der Waals surface area (Å²) < 4.78 is 0. The van der Waals surface area contributed by atoms with Crippen LogP contribution in [0.4, 0.5) is 5.69 Å². The highest BCUT2D eigenvalue weighted by atomic mass is 35.5. The number of nitrogens with zero attached hydrogens (tertiary/aromatic N) is 2. The fourth-order valence-corrected chi connectivity index (χ4v) is 3.99. The number of benzene rings is 1. The van der Waals surface area contributed by atoms with Crippen LogP contribution in [0.15, 0.2) is 24.3 Å². The average molecular weight is 386 g/mol. The minimum Gasteiger partial charge on any atom is -0.342 e. The van der Waals surface area contributed by atoms with Crippen LogP contribution in [-0.4, -0.2) is 49.9 Å². The highest BCUT2D eigenvalue weighted by Gasteiger charge is 2.38. The Bertz CT molecular complexity index is 624. The van der Waals surface area contributed by atoms with Crippen molar-refractivity contribution in [2.24, 2.45) is 11.8 Å². The van der Waals surface area contributed by atoms with Crippen LogP contribution < -0.4 is 10.2 Å². The summed E-state index contributed by atoms with van der Waals surface area (Å²) in [4.78, 5) is 28.8. The molecule has 2 unspecified atom stereocenters. The van der Waals surface area contributed by atoms with Gasteiger partial charge in [-0.3, -0.25) is 9.59 Å². The van der Waals surface area contributed by atoms with E-state index in [-0.39, 0.29) is 36.6 Å². The fourth-order valence-electron chi connectivity index (χ4n) is 3.76.